The first-order valence-electron chi connectivity index (χ1n) is 7.73. The van der Waals surface area contributed by atoms with Crippen LogP contribution in [0, 0.1) is 6.92 Å². The molecular weight excluding hydrogens is 368 g/mol. The van der Waals surface area contributed by atoms with Gasteiger partial charge in [-0.1, -0.05) is 35.9 Å². The van der Waals surface area contributed by atoms with E-state index in [2.05, 4.69) is 22.0 Å². The number of benzene rings is 2. The van der Waals surface area contributed by atoms with Gasteiger partial charge in [0.05, 0.1) is 17.2 Å². The predicted molar refractivity (Wildman–Crippen MR) is 97.1 cm³/mol. The van der Waals surface area contributed by atoms with Crippen LogP contribution >= 0.6 is 15.9 Å². The lowest BCUT2D eigenvalue weighted by atomic mass is 9.86. The van der Waals surface area contributed by atoms with E-state index in [4.69, 9.17) is 4.74 Å². The first kappa shape index (κ1) is 16.7. The van der Waals surface area contributed by atoms with E-state index in [1.165, 1.54) is 12.7 Å². The summed E-state index contributed by atoms with van der Waals surface area (Å²) in [7, 11) is 1.51. The summed E-state index contributed by atoms with van der Waals surface area (Å²) in [6, 6.07) is 13.3. The smallest absolute Gasteiger partial charge is 0.201 e. The van der Waals surface area contributed by atoms with Crippen LogP contribution < -0.4 is 4.74 Å². The molecule has 0 aliphatic heterocycles. The number of rotatable bonds is 4. The maximum Gasteiger partial charge on any atom is 0.201 e. The third-order valence-corrected chi connectivity index (χ3v) is 5.04. The number of halogens is 1. The number of carbonyl (C=O) groups excluding carboxylic acids is 2. The van der Waals surface area contributed by atoms with Gasteiger partial charge in [-0.15, -0.1) is 0 Å². The van der Waals surface area contributed by atoms with Crippen molar-refractivity contribution in [3.8, 4) is 5.75 Å². The van der Waals surface area contributed by atoms with E-state index in [1.807, 2.05) is 25.1 Å². The van der Waals surface area contributed by atoms with Crippen LogP contribution in [0.1, 0.15) is 38.3 Å². The minimum absolute atomic E-state index is 0.137. The Morgan fingerprint density at radius 3 is 2.46 bits per heavy atom. The second-order valence-corrected chi connectivity index (χ2v) is 6.62. The van der Waals surface area contributed by atoms with Crippen LogP contribution in [0.2, 0.25) is 0 Å². The molecule has 0 saturated heterocycles. The molecule has 1 aliphatic carbocycles. The molecule has 1 aliphatic rings. The van der Waals surface area contributed by atoms with Crippen molar-refractivity contribution in [3.63, 3.8) is 0 Å². The van der Waals surface area contributed by atoms with Crippen molar-refractivity contribution in [1.82, 2.24) is 0 Å². The Hall–Kier alpha value is -2.20. The fourth-order valence-electron chi connectivity index (χ4n) is 2.99. The normalized spacial score (nSPS) is 14.0. The van der Waals surface area contributed by atoms with Gasteiger partial charge in [0.1, 0.15) is 5.75 Å². The van der Waals surface area contributed by atoms with Crippen molar-refractivity contribution in [2.75, 3.05) is 7.11 Å². The number of aryl methyl sites for hydroxylation is 2. The zero-order chi connectivity index (χ0) is 17.3. The number of allylic oxidation sites excluding steroid dienone is 2. The number of hydrogen-bond acceptors (Lipinski definition) is 3. The molecule has 24 heavy (non-hydrogen) atoms. The summed E-state index contributed by atoms with van der Waals surface area (Å²) < 4.78 is 5.64. The third-order valence-electron chi connectivity index (χ3n) is 4.20. The van der Waals surface area contributed by atoms with Crippen molar-refractivity contribution < 1.29 is 14.3 Å². The summed E-state index contributed by atoms with van der Waals surface area (Å²) in [5.74, 6) is 0.142. The van der Waals surface area contributed by atoms with Gasteiger partial charge in [-0.2, -0.15) is 0 Å². The van der Waals surface area contributed by atoms with E-state index in [0.29, 0.717) is 39.8 Å². The highest BCUT2D eigenvalue weighted by Gasteiger charge is 2.33. The molecule has 4 heteroatoms. The summed E-state index contributed by atoms with van der Waals surface area (Å²) in [6.45, 7) is 2.04. The van der Waals surface area contributed by atoms with Gasteiger partial charge in [-0.05, 0) is 53.4 Å². The molecule has 2 aromatic rings. The number of Topliss-reactive ketones (excluding diaryl/α,β-unsaturated/α-hetero) is 2. The fourth-order valence-corrected chi connectivity index (χ4v) is 3.58. The zero-order valence-corrected chi connectivity index (χ0v) is 15.1. The number of carbonyl (C=O) groups is 2. The lowest BCUT2D eigenvalue weighted by Gasteiger charge is -2.20. The van der Waals surface area contributed by atoms with Crippen LogP contribution in [-0.4, -0.2) is 18.7 Å². The monoisotopic (exact) mass is 384 g/mol. The third kappa shape index (κ3) is 2.94. The molecule has 3 nitrogen and oxygen atoms in total. The first-order valence-corrected chi connectivity index (χ1v) is 8.53. The van der Waals surface area contributed by atoms with Crippen LogP contribution in [0.15, 0.2) is 52.5 Å². The van der Waals surface area contributed by atoms with Gasteiger partial charge in [-0.3, -0.25) is 9.59 Å². The summed E-state index contributed by atoms with van der Waals surface area (Å²) in [6.07, 6.45) is 1.21. The molecule has 0 bridgehead atoms. The molecule has 2 aromatic carbocycles. The molecule has 0 fully saturated rings. The van der Waals surface area contributed by atoms with E-state index in [1.54, 1.807) is 18.2 Å². The molecule has 0 amide bonds. The largest absolute Gasteiger partial charge is 0.496 e. The van der Waals surface area contributed by atoms with Gasteiger partial charge in [0, 0.05) is 11.1 Å². The Morgan fingerprint density at radius 1 is 1.00 bits per heavy atom. The average molecular weight is 385 g/mol. The summed E-state index contributed by atoms with van der Waals surface area (Å²) in [5.41, 5.74) is 3.60. The lowest BCUT2D eigenvalue weighted by Crippen LogP contribution is -2.21. The van der Waals surface area contributed by atoms with Gasteiger partial charge in [0.15, 0.2) is 5.78 Å². The summed E-state index contributed by atoms with van der Waals surface area (Å²) >= 11 is 3.33. The molecule has 0 unspecified atom stereocenters. The Balaban J connectivity index is 1.95. The lowest BCUT2D eigenvalue weighted by molar-refractivity contribution is 0.0976. The van der Waals surface area contributed by atoms with Crippen molar-refractivity contribution in [2.24, 2.45) is 0 Å². The molecule has 0 atom stereocenters. The van der Waals surface area contributed by atoms with Crippen molar-refractivity contribution >= 4 is 27.5 Å². The van der Waals surface area contributed by atoms with Gasteiger partial charge >= 0.3 is 0 Å². The molecule has 0 heterocycles. The first-order chi connectivity index (χ1) is 11.5. The van der Waals surface area contributed by atoms with E-state index in [9.17, 15) is 9.59 Å². The van der Waals surface area contributed by atoms with Gasteiger partial charge < -0.3 is 4.74 Å². The number of ketones is 2. The standard InChI is InChI=1S/C20H17BrO3/c1-12-5-3-6-13(11-12)9-10-15-18(21)20(23)14-7-4-8-16(24-2)17(14)19(15)22/h3-8,11H,9-10H2,1-2H3. The van der Waals surface area contributed by atoms with Crippen LogP contribution in [0.4, 0.5) is 0 Å². The minimum atomic E-state index is -0.164. The highest BCUT2D eigenvalue weighted by atomic mass is 79.9. The van der Waals surface area contributed by atoms with Crippen LogP contribution in [0.5, 0.6) is 5.75 Å². The topological polar surface area (TPSA) is 43.4 Å². The predicted octanol–water partition coefficient (Wildman–Crippen LogP) is 4.66. The Bertz CT molecular complexity index is 865. The molecular formula is C20H17BrO3. The molecule has 122 valence electrons. The quantitative estimate of drug-likeness (QED) is 0.769. The van der Waals surface area contributed by atoms with Gasteiger partial charge in [0.25, 0.3) is 0 Å². The Morgan fingerprint density at radius 2 is 1.75 bits per heavy atom. The van der Waals surface area contributed by atoms with E-state index in [-0.39, 0.29) is 11.6 Å². The van der Waals surface area contributed by atoms with E-state index < -0.39 is 0 Å². The van der Waals surface area contributed by atoms with Gasteiger partial charge in [0.2, 0.25) is 5.78 Å². The molecule has 0 aromatic heterocycles. The zero-order valence-electron chi connectivity index (χ0n) is 13.6. The second-order valence-electron chi connectivity index (χ2n) is 5.82. The SMILES string of the molecule is COc1cccc2c1C(=O)C(CCc1cccc(C)c1)=C(Br)C2=O. The van der Waals surface area contributed by atoms with Crippen LogP contribution in [0.3, 0.4) is 0 Å². The van der Waals surface area contributed by atoms with Gasteiger partial charge in [-0.25, -0.2) is 0 Å². The molecule has 0 spiro atoms. The maximum absolute atomic E-state index is 12.9. The number of ether oxygens (including phenoxy) is 1. The average Bonchev–Trinajstić information content (AvgIpc) is 2.59. The van der Waals surface area contributed by atoms with Crippen LogP contribution in [-0.2, 0) is 6.42 Å². The highest BCUT2D eigenvalue weighted by molar-refractivity contribution is 9.12. The molecule has 0 N–H and O–H groups in total. The van der Waals surface area contributed by atoms with Crippen molar-refractivity contribution in [2.45, 2.75) is 19.8 Å². The Labute approximate surface area is 149 Å². The second kappa shape index (κ2) is 6.73. The number of methoxy groups -OCH3 is 1. The highest BCUT2D eigenvalue weighted by Crippen LogP contribution is 2.36. The van der Waals surface area contributed by atoms with E-state index in [0.717, 1.165) is 5.56 Å². The minimum Gasteiger partial charge on any atom is -0.496 e. The van der Waals surface area contributed by atoms with Crippen molar-refractivity contribution in [1.29, 1.82) is 0 Å². The molecule has 3 rings (SSSR count). The van der Waals surface area contributed by atoms with E-state index >= 15 is 0 Å². The Kier molecular flexibility index (Phi) is 4.67. The summed E-state index contributed by atoms with van der Waals surface area (Å²) in [4.78, 5) is 25.5. The van der Waals surface area contributed by atoms with Crippen LogP contribution in [0.25, 0.3) is 0 Å². The maximum atomic E-state index is 12.9. The number of fused-ring (bicyclic) bond motifs is 1. The fraction of sp³-hybridized carbons (Fsp3) is 0.200. The summed E-state index contributed by atoms with van der Waals surface area (Å²) in [5, 5.41) is 0. The molecule has 0 saturated carbocycles. The molecule has 0 radical (unpaired) electrons. The number of hydrogen-bond donors (Lipinski definition) is 0. The van der Waals surface area contributed by atoms with Crippen molar-refractivity contribution in [3.05, 3.63) is 74.8 Å².